The molecule has 2 heteroatoms. The standard InChI is InChI=1S/C16H14BrN/c1-10-2-4-15-11(6-10)8-14-9-12-7-13(17)3-5-16(12)18(14)15/h2-7,14H,8-9H2,1H3. The third-order valence-electron chi connectivity index (χ3n) is 4.07. The highest BCUT2D eigenvalue weighted by Gasteiger charge is 2.36. The van der Waals surface area contributed by atoms with Crippen LogP contribution in [0.5, 0.6) is 0 Å². The summed E-state index contributed by atoms with van der Waals surface area (Å²) in [5.74, 6) is 0. The molecule has 2 heterocycles. The minimum Gasteiger partial charge on any atom is -0.337 e. The Balaban J connectivity index is 1.88. The number of hydrogen-bond acceptors (Lipinski definition) is 1. The van der Waals surface area contributed by atoms with Crippen molar-refractivity contribution in [2.24, 2.45) is 0 Å². The van der Waals surface area contributed by atoms with Crippen LogP contribution in [0.4, 0.5) is 11.4 Å². The summed E-state index contributed by atoms with van der Waals surface area (Å²) in [6.07, 6.45) is 2.35. The van der Waals surface area contributed by atoms with Crippen molar-refractivity contribution < 1.29 is 0 Å². The molecule has 2 aliphatic rings. The van der Waals surface area contributed by atoms with Crippen molar-refractivity contribution in [1.29, 1.82) is 0 Å². The molecule has 0 amide bonds. The van der Waals surface area contributed by atoms with Gasteiger partial charge in [-0.05, 0) is 55.2 Å². The third kappa shape index (κ3) is 1.39. The fourth-order valence-corrected chi connectivity index (χ4v) is 3.76. The zero-order valence-corrected chi connectivity index (χ0v) is 11.9. The lowest BCUT2D eigenvalue weighted by Gasteiger charge is -2.20. The van der Waals surface area contributed by atoms with Crippen LogP contribution in [0.15, 0.2) is 40.9 Å². The van der Waals surface area contributed by atoms with Gasteiger partial charge in [-0.25, -0.2) is 0 Å². The summed E-state index contributed by atoms with van der Waals surface area (Å²) in [7, 11) is 0. The Morgan fingerprint density at radius 2 is 1.67 bits per heavy atom. The van der Waals surface area contributed by atoms with E-state index in [0.717, 1.165) is 0 Å². The number of halogens is 1. The van der Waals surface area contributed by atoms with Gasteiger partial charge < -0.3 is 4.90 Å². The highest BCUT2D eigenvalue weighted by molar-refractivity contribution is 9.10. The van der Waals surface area contributed by atoms with Crippen molar-refractivity contribution in [2.75, 3.05) is 4.90 Å². The van der Waals surface area contributed by atoms with Crippen molar-refractivity contribution in [2.45, 2.75) is 25.8 Å². The molecule has 4 rings (SSSR count). The average molecular weight is 300 g/mol. The third-order valence-corrected chi connectivity index (χ3v) is 4.57. The number of anilines is 2. The van der Waals surface area contributed by atoms with Crippen molar-refractivity contribution in [3.63, 3.8) is 0 Å². The maximum Gasteiger partial charge on any atom is 0.0447 e. The number of fused-ring (bicyclic) bond motifs is 5. The second kappa shape index (κ2) is 3.61. The van der Waals surface area contributed by atoms with Crippen molar-refractivity contribution in [3.8, 4) is 0 Å². The quantitative estimate of drug-likeness (QED) is 0.698. The van der Waals surface area contributed by atoms with Crippen LogP contribution in [0.3, 0.4) is 0 Å². The summed E-state index contributed by atoms with van der Waals surface area (Å²) in [6.45, 7) is 2.18. The minimum absolute atomic E-state index is 0.631. The molecule has 1 atom stereocenters. The first-order valence-electron chi connectivity index (χ1n) is 6.39. The fourth-order valence-electron chi connectivity index (χ4n) is 3.35. The highest BCUT2D eigenvalue weighted by Crippen LogP contribution is 2.46. The van der Waals surface area contributed by atoms with Crippen LogP contribution in [0.1, 0.15) is 16.7 Å². The molecular weight excluding hydrogens is 286 g/mol. The topological polar surface area (TPSA) is 3.24 Å². The number of hydrogen-bond donors (Lipinski definition) is 0. The molecule has 0 bridgehead atoms. The summed E-state index contributed by atoms with van der Waals surface area (Å²) < 4.78 is 1.19. The van der Waals surface area contributed by atoms with Crippen molar-refractivity contribution in [3.05, 3.63) is 57.6 Å². The van der Waals surface area contributed by atoms with Crippen LogP contribution in [-0.2, 0) is 12.8 Å². The molecule has 90 valence electrons. The lowest BCUT2D eigenvalue weighted by atomic mass is 10.0. The maximum atomic E-state index is 3.57. The Labute approximate surface area is 116 Å². The van der Waals surface area contributed by atoms with Crippen LogP contribution < -0.4 is 4.90 Å². The van der Waals surface area contributed by atoms with Gasteiger partial charge in [-0.1, -0.05) is 33.6 Å². The van der Waals surface area contributed by atoms with Crippen molar-refractivity contribution in [1.82, 2.24) is 0 Å². The van der Waals surface area contributed by atoms with Crippen LogP contribution in [0, 0.1) is 6.92 Å². The molecule has 2 aromatic carbocycles. The van der Waals surface area contributed by atoms with E-state index in [-0.39, 0.29) is 0 Å². The second-order valence-corrected chi connectivity index (χ2v) is 6.25. The summed E-state index contributed by atoms with van der Waals surface area (Å²) in [4.78, 5) is 2.52. The van der Waals surface area contributed by atoms with Gasteiger partial charge in [-0.15, -0.1) is 0 Å². The van der Waals surface area contributed by atoms with Gasteiger partial charge in [0.05, 0.1) is 0 Å². The van der Waals surface area contributed by atoms with E-state index >= 15 is 0 Å². The Kier molecular flexibility index (Phi) is 2.13. The molecule has 18 heavy (non-hydrogen) atoms. The van der Waals surface area contributed by atoms with Gasteiger partial charge in [-0.2, -0.15) is 0 Å². The molecule has 0 saturated heterocycles. The molecule has 2 aromatic rings. The van der Waals surface area contributed by atoms with E-state index in [1.165, 1.54) is 45.4 Å². The Hall–Kier alpha value is -1.28. The predicted molar refractivity (Wildman–Crippen MR) is 78.7 cm³/mol. The fraction of sp³-hybridized carbons (Fsp3) is 0.250. The molecule has 0 spiro atoms. The monoisotopic (exact) mass is 299 g/mol. The number of benzene rings is 2. The number of nitrogens with zero attached hydrogens (tertiary/aromatic N) is 1. The SMILES string of the molecule is Cc1ccc2c(c1)CC1Cc3cc(Br)ccc3N21. The summed E-state index contributed by atoms with van der Waals surface area (Å²) in [6, 6.07) is 14.1. The zero-order valence-electron chi connectivity index (χ0n) is 10.3. The van der Waals surface area contributed by atoms with E-state index in [1.807, 2.05) is 0 Å². The smallest absolute Gasteiger partial charge is 0.0447 e. The summed E-state index contributed by atoms with van der Waals surface area (Å²) in [5, 5.41) is 0. The predicted octanol–water partition coefficient (Wildman–Crippen LogP) is 4.38. The molecule has 0 N–H and O–H groups in total. The van der Waals surface area contributed by atoms with Gasteiger partial charge >= 0.3 is 0 Å². The van der Waals surface area contributed by atoms with E-state index < -0.39 is 0 Å². The molecule has 0 saturated carbocycles. The molecular formula is C16H14BrN. The number of aryl methyl sites for hydroxylation is 1. The summed E-state index contributed by atoms with van der Waals surface area (Å²) >= 11 is 3.57. The van der Waals surface area contributed by atoms with Crippen LogP contribution in [0.25, 0.3) is 0 Å². The maximum absolute atomic E-state index is 3.57. The lowest BCUT2D eigenvalue weighted by Crippen LogP contribution is -2.22. The Bertz CT molecular complexity index is 592. The average Bonchev–Trinajstić information content (AvgIpc) is 2.82. The first-order valence-corrected chi connectivity index (χ1v) is 7.19. The zero-order chi connectivity index (χ0) is 12.3. The van der Waals surface area contributed by atoms with Gasteiger partial charge in [0.25, 0.3) is 0 Å². The molecule has 0 radical (unpaired) electrons. The molecule has 0 fully saturated rings. The molecule has 2 aliphatic heterocycles. The van der Waals surface area contributed by atoms with Gasteiger partial charge in [0.1, 0.15) is 0 Å². The van der Waals surface area contributed by atoms with Gasteiger partial charge in [-0.3, -0.25) is 0 Å². The van der Waals surface area contributed by atoms with Gasteiger partial charge in [0.2, 0.25) is 0 Å². The number of rotatable bonds is 0. The van der Waals surface area contributed by atoms with Crippen LogP contribution in [-0.4, -0.2) is 6.04 Å². The molecule has 0 aromatic heterocycles. The Morgan fingerprint density at radius 1 is 1.00 bits per heavy atom. The summed E-state index contributed by atoms with van der Waals surface area (Å²) in [5.41, 5.74) is 7.15. The molecule has 0 aliphatic carbocycles. The van der Waals surface area contributed by atoms with Gasteiger partial charge in [0, 0.05) is 21.9 Å². The van der Waals surface area contributed by atoms with Gasteiger partial charge in [0.15, 0.2) is 0 Å². The van der Waals surface area contributed by atoms with E-state index in [0.29, 0.717) is 6.04 Å². The van der Waals surface area contributed by atoms with E-state index in [4.69, 9.17) is 0 Å². The molecule has 1 nitrogen and oxygen atoms in total. The van der Waals surface area contributed by atoms with E-state index in [2.05, 4.69) is 64.2 Å². The Morgan fingerprint density at radius 3 is 2.44 bits per heavy atom. The normalized spacial score (nSPS) is 19.7. The van der Waals surface area contributed by atoms with E-state index in [1.54, 1.807) is 0 Å². The van der Waals surface area contributed by atoms with Crippen LogP contribution >= 0.6 is 15.9 Å². The highest BCUT2D eigenvalue weighted by atomic mass is 79.9. The van der Waals surface area contributed by atoms with Crippen molar-refractivity contribution >= 4 is 27.3 Å². The largest absolute Gasteiger partial charge is 0.337 e. The first kappa shape index (κ1) is 10.6. The molecule has 1 unspecified atom stereocenters. The van der Waals surface area contributed by atoms with E-state index in [9.17, 15) is 0 Å². The first-order chi connectivity index (χ1) is 8.72. The second-order valence-electron chi connectivity index (χ2n) is 5.34. The minimum atomic E-state index is 0.631. The van der Waals surface area contributed by atoms with Crippen LogP contribution in [0.2, 0.25) is 0 Å². The lowest BCUT2D eigenvalue weighted by molar-refractivity contribution is 0.725.